The molecule has 0 saturated heterocycles. The number of fused-ring (bicyclic) bond motifs is 1. The predicted octanol–water partition coefficient (Wildman–Crippen LogP) is 4.04. The van der Waals surface area contributed by atoms with E-state index in [9.17, 15) is 4.79 Å². The molecule has 0 amide bonds. The minimum Gasteiger partial charge on any atom is -0.487 e. The van der Waals surface area contributed by atoms with Gasteiger partial charge in [0, 0.05) is 11.1 Å². The summed E-state index contributed by atoms with van der Waals surface area (Å²) >= 11 is 0. The van der Waals surface area contributed by atoms with Crippen LogP contribution in [-0.2, 0) is 5.41 Å². The zero-order valence-corrected chi connectivity index (χ0v) is 12.2. The molecule has 1 aliphatic heterocycles. The summed E-state index contributed by atoms with van der Waals surface area (Å²) in [6.45, 7) is 12.3. The van der Waals surface area contributed by atoms with E-state index in [2.05, 4.69) is 27.7 Å². The van der Waals surface area contributed by atoms with E-state index in [1.807, 2.05) is 19.1 Å². The van der Waals surface area contributed by atoms with Gasteiger partial charge >= 0.3 is 0 Å². The van der Waals surface area contributed by atoms with E-state index in [4.69, 9.17) is 4.74 Å². The van der Waals surface area contributed by atoms with Crippen molar-refractivity contribution in [3.8, 4) is 5.75 Å². The molecular weight excluding hydrogens is 224 g/mol. The van der Waals surface area contributed by atoms with Crippen molar-refractivity contribution in [2.24, 2.45) is 0 Å². The molecule has 98 valence electrons. The van der Waals surface area contributed by atoms with E-state index >= 15 is 0 Å². The number of ketones is 1. The topological polar surface area (TPSA) is 26.3 Å². The molecule has 1 heterocycles. The zero-order valence-electron chi connectivity index (χ0n) is 12.2. The lowest BCUT2D eigenvalue weighted by Gasteiger charge is -2.43. The van der Waals surface area contributed by atoms with Crippen LogP contribution in [-0.4, -0.2) is 11.4 Å². The number of carbonyl (C=O) groups is 1. The van der Waals surface area contributed by atoms with Crippen LogP contribution in [0.15, 0.2) is 12.1 Å². The Bertz CT molecular complexity index is 510. The van der Waals surface area contributed by atoms with Crippen LogP contribution in [0, 0.1) is 6.92 Å². The Morgan fingerprint density at radius 1 is 1.22 bits per heavy atom. The van der Waals surface area contributed by atoms with Crippen molar-refractivity contribution in [2.75, 3.05) is 0 Å². The average Bonchev–Trinajstić information content (AvgIpc) is 2.16. The molecular formula is C16H22O2. The number of ether oxygens (including phenoxy) is 1. The van der Waals surface area contributed by atoms with Gasteiger partial charge in [-0.3, -0.25) is 4.79 Å². The van der Waals surface area contributed by atoms with Crippen LogP contribution in [0.3, 0.4) is 0 Å². The molecule has 2 heteroatoms. The van der Waals surface area contributed by atoms with Crippen molar-refractivity contribution in [1.82, 2.24) is 0 Å². The first-order valence-corrected chi connectivity index (χ1v) is 6.47. The van der Waals surface area contributed by atoms with Gasteiger partial charge in [0.1, 0.15) is 11.4 Å². The highest BCUT2D eigenvalue weighted by Gasteiger charge is 2.39. The van der Waals surface area contributed by atoms with Gasteiger partial charge in [0.05, 0.1) is 0 Å². The van der Waals surface area contributed by atoms with Crippen LogP contribution in [0.5, 0.6) is 5.75 Å². The SMILES string of the molecule is CC(=O)c1cc(C)c2c(c1)C(C)(C)CC(C)(C)O2. The Kier molecular flexibility index (Phi) is 2.80. The minimum atomic E-state index is -0.154. The van der Waals surface area contributed by atoms with Crippen LogP contribution in [0.25, 0.3) is 0 Å². The van der Waals surface area contributed by atoms with E-state index in [0.29, 0.717) is 0 Å². The first-order chi connectivity index (χ1) is 8.12. The predicted molar refractivity (Wildman–Crippen MR) is 73.5 cm³/mol. The monoisotopic (exact) mass is 246 g/mol. The number of carbonyl (C=O) groups excluding carboxylic acids is 1. The van der Waals surface area contributed by atoms with Crippen molar-refractivity contribution in [2.45, 2.75) is 59.0 Å². The Hall–Kier alpha value is -1.31. The summed E-state index contributed by atoms with van der Waals surface area (Å²) in [6.07, 6.45) is 0.952. The van der Waals surface area contributed by atoms with Crippen LogP contribution in [0.1, 0.15) is 62.5 Å². The summed E-state index contributed by atoms with van der Waals surface area (Å²) in [5.74, 6) is 1.07. The Morgan fingerprint density at radius 3 is 2.39 bits per heavy atom. The lowest BCUT2D eigenvalue weighted by atomic mass is 9.72. The van der Waals surface area contributed by atoms with Crippen molar-refractivity contribution in [3.63, 3.8) is 0 Å². The number of aryl methyl sites for hydroxylation is 1. The van der Waals surface area contributed by atoms with Gasteiger partial charge in [-0.1, -0.05) is 13.8 Å². The molecule has 1 aliphatic rings. The maximum atomic E-state index is 11.6. The van der Waals surface area contributed by atoms with Crippen molar-refractivity contribution in [1.29, 1.82) is 0 Å². The van der Waals surface area contributed by atoms with Gasteiger partial charge in [-0.25, -0.2) is 0 Å². The molecule has 0 spiro atoms. The molecule has 0 aliphatic carbocycles. The van der Waals surface area contributed by atoms with E-state index in [0.717, 1.165) is 28.9 Å². The molecule has 1 aromatic carbocycles. The molecule has 0 aromatic heterocycles. The second-order valence-corrected chi connectivity index (χ2v) is 6.65. The highest BCUT2D eigenvalue weighted by molar-refractivity contribution is 5.94. The molecule has 0 fully saturated rings. The lowest BCUT2D eigenvalue weighted by Crippen LogP contribution is -2.41. The number of benzene rings is 1. The normalized spacial score (nSPS) is 19.9. The largest absolute Gasteiger partial charge is 0.487 e. The second kappa shape index (κ2) is 3.84. The number of rotatable bonds is 1. The van der Waals surface area contributed by atoms with Crippen LogP contribution >= 0.6 is 0 Å². The zero-order chi connectivity index (χ0) is 13.7. The minimum absolute atomic E-state index is 0.0350. The lowest BCUT2D eigenvalue weighted by molar-refractivity contribution is 0.0525. The summed E-state index contributed by atoms with van der Waals surface area (Å²) in [5.41, 5.74) is 2.87. The molecule has 1 aromatic rings. The van der Waals surface area contributed by atoms with Gasteiger partial charge < -0.3 is 4.74 Å². The average molecular weight is 246 g/mol. The summed E-state index contributed by atoms with van der Waals surface area (Å²) in [4.78, 5) is 11.6. The maximum absolute atomic E-state index is 11.6. The quantitative estimate of drug-likeness (QED) is 0.699. The Balaban J connectivity index is 2.66. The van der Waals surface area contributed by atoms with Crippen LogP contribution in [0.4, 0.5) is 0 Å². The Labute approximate surface area is 109 Å². The standard InChI is InChI=1S/C16H22O2/c1-10-7-12(11(2)17)8-13-14(10)18-16(5,6)9-15(13,3)4/h7-8H,9H2,1-6H3. The van der Waals surface area contributed by atoms with E-state index < -0.39 is 0 Å². The summed E-state index contributed by atoms with van der Waals surface area (Å²) in [6, 6.07) is 3.93. The molecule has 0 radical (unpaired) electrons. The summed E-state index contributed by atoms with van der Waals surface area (Å²) < 4.78 is 6.11. The Morgan fingerprint density at radius 2 is 1.83 bits per heavy atom. The molecule has 2 rings (SSSR count). The van der Waals surface area contributed by atoms with Gasteiger partial charge in [-0.05, 0) is 57.2 Å². The number of hydrogen-bond donors (Lipinski definition) is 0. The number of hydrogen-bond acceptors (Lipinski definition) is 2. The number of Topliss-reactive ketones (excluding diaryl/α,β-unsaturated/α-hetero) is 1. The fraction of sp³-hybridized carbons (Fsp3) is 0.562. The van der Waals surface area contributed by atoms with Gasteiger partial charge in [-0.2, -0.15) is 0 Å². The van der Waals surface area contributed by atoms with Crippen molar-refractivity contribution in [3.05, 3.63) is 28.8 Å². The van der Waals surface area contributed by atoms with Crippen molar-refractivity contribution >= 4 is 5.78 Å². The second-order valence-electron chi connectivity index (χ2n) is 6.65. The fourth-order valence-electron chi connectivity index (χ4n) is 3.09. The molecule has 0 unspecified atom stereocenters. The summed E-state index contributed by atoms with van der Waals surface area (Å²) in [5, 5.41) is 0. The van der Waals surface area contributed by atoms with Gasteiger partial charge in [0.15, 0.2) is 5.78 Å². The van der Waals surface area contributed by atoms with E-state index in [-0.39, 0.29) is 16.8 Å². The van der Waals surface area contributed by atoms with Gasteiger partial charge in [0.25, 0.3) is 0 Å². The van der Waals surface area contributed by atoms with Crippen LogP contribution in [0.2, 0.25) is 0 Å². The first-order valence-electron chi connectivity index (χ1n) is 6.47. The third-order valence-corrected chi connectivity index (χ3v) is 3.66. The van der Waals surface area contributed by atoms with Crippen molar-refractivity contribution < 1.29 is 9.53 Å². The summed E-state index contributed by atoms with van der Waals surface area (Å²) in [7, 11) is 0. The fourth-order valence-corrected chi connectivity index (χ4v) is 3.09. The maximum Gasteiger partial charge on any atom is 0.159 e. The highest BCUT2D eigenvalue weighted by Crippen LogP contribution is 2.46. The molecule has 0 saturated carbocycles. The van der Waals surface area contributed by atoms with E-state index in [1.54, 1.807) is 6.92 Å². The molecule has 0 bridgehead atoms. The first kappa shape index (κ1) is 13.1. The smallest absolute Gasteiger partial charge is 0.159 e. The highest BCUT2D eigenvalue weighted by atomic mass is 16.5. The van der Waals surface area contributed by atoms with Crippen LogP contribution < -0.4 is 4.74 Å². The third-order valence-electron chi connectivity index (χ3n) is 3.66. The van der Waals surface area contributed by atoms with E-state index in [1.165, 1.54) is 0 Å². The molecule has 18 heavy (non-hydrogen) atoms. The molecule has 0 atom stereocenters. The third kappa shape index (κ3) is 2.16. The van der Waals surface area contributed by atoms with Gasteiger partial charge in [-0.15, -0.1) is 0 Å². The molecule has 2 nitrogen and oxygen atoms in total. The molecule has 0 N–H and O–H groups in total. The van der Waals surface area contributed by atoms with Gasteiger partial charge in [0.2, 0.25) is 0 Å².